The maximum Gasteiger partial charge on any atom is 0.253 e. The molecule has 4 rings (SSSR count). The molecule has 1 aliphatic rings. The van der Waals surface area contributed by atoms with E-state index in [2.05, 4.69) is 14.8 Å². The predicted octanol–water partition coefficient (Wildman–Crippen LogP) is 4.42. The van der Waals surface area contributed by atoms with E-state index in [9.17, 15) is 9.18 Å². The number of para-hydroxylation sites is 1. The van der Waals surface area contributed by atoms with Gasteiger partial charge in [0.05, 0.1) is 11.3 Å². The van der Waals surface area contributed by atoms with Crippen LogP contribution in [-0.2, 0) is 0 Å². The van der Waals surface area contributed by atoms with E-state index >= 15 is 0 Å². The standard InChI is InChI=1S/C24H26FN3O/c1-18-22(24(29)26-13-16-27-14-5-6-15-27)17-23(19-9-11-20(25)12-10-19)28(18)21-7-3-2-4-8-21/h2-4,7-12,17H,5-6,13-16H2,1H3,(H,26,29). The highest BCUT2D eigenvalue weighted by atomic mass is 19.1. The highest BCUT2D eigenvalue weighted by Crippen LogP contribution is 2.29. The van der Waals surface area contributed by atoms with E-state index < -0.39 is 0 Å². The third-order valence-electron chi connectivity index (χ3n) is 5.56. The molecule has 2 aromatic carbocycles. The fourth-order valence-corrected chi connectivity index (χ4v) is 4.01. The number of carbonyl (C=O) groups excluding carboxylic acids is 1. The molecule has 3 aromatic rings. The number of likely N-dealkylation sites (tertiary alicyclic amines) is 1. The second-order valence-electron chi connectivity index (χ2n) is 7.51. The molecule has 150 valence electrons. The third-order valence-corrected chi connectivity index (χ3v) is 5.56. The molecule has 4 nitrogen and oxygen atoms in total. The first-order valence-corrected chi connectivity index (χ1v) is 10.2. The van der Waals surface area contributed by atoms with Gasteiger partial charge >= 0.3 is 0 Å². The Hall–Kier alpha value is -2.92. The number of nitrogens with zero attached hydrogens (tertiary/aromatic N) is 2. The predicted molar refractivity (Wildman–Crippen MR) is 114 cm³/mol. The Morgan fingerprint density at radius 2 is 1.72 bits per heavy atom. The van der Waals surface area contributed by atoms with Gasteiger partial charge in [-0.15, -0.1) is 0 Å². The van der Waals surface area contributed by atoms with Gasteiger partial charge in [0.15, 0.2) is 0 Å². The first kappa shape index (κ1) is 19.4. The number of halogens is 1. The fraction of sp³-hybridized carbons (Fsp3) is 0.292. The molecule has 0 unspecified atom stereocenters. The molecule has 1 aromatic heterocycles. The minimum Gasteiger partial charge on any atom is -0.351 e. The van der Waals surface area contributed by atoms with Gasteiger partial charge in [0.25, 0.3) is 5.91 Å². The van der Waals surface area contributed by atoms with Crippen LogP contribution in [0, 0.1) is 12.7 Å². The van der Waals surface area contributed by atoms with Gasteiger partial charge in [-0.25, -0.2) is 4.39 Å². The van der Waals surface area contributed by atoms with E-state index in [1.807, 2.05) is 43.3 Å². The molecule has 0 saturated carbocycles. The summed E-state index contributed by atoms with van der Waals surface area (Å²) in [5.41, 5.74) is 4.23. The smallest absolute Gasteiger partial charge is 0.253 e. The van der Waals surface area contributed by atoms with Gasteiger partial charge in [-0.05, 0) is 80.9 Å². The second-order valence-corrected chi connectivity index (χ2v) is 7.51. The fourth-order valence-electron chi connectivity index (χ4n) is 4.01. The monoisotopic (exact) mass is 391 g/mol. The Balaban J connectivity index is 1.64. The van der Waals surface area contributed by atoms with Crippen molar-refractivity contribution in [3.63, 3.8) is 0 Å². The molecule has 0 spiro atoms. The highest BCUT2D eigenvalue weighted by molar-refractivity contribution is 5.97. The van der Waals surface area contributed by atoms with Crippen LogP contribution in [0.1, 0.15) is 28.9 Å². The van der Waals surface area contributed by atoms with Crippen LogP contribution in [0.15, 0.2) is 60.7 Å². The van der Waals surface area contributed by atoms with E-state index in [0.29, 0.717) is 12.1 Å². The minimum atomic E-state index is -0.275. The lowest BCUT2D eigenvalue weighted by Gasteiger charge is -2.15. The lowest BCUT2D eigenvalue weighted by molar-refractivity contribution is 0.0949. The maximum absolute atomic E-state index is 13.4. The van der Waals surface area contributed by atoms with Crippen LogP contribution in [0.3, 0.4) is 0 Å². The van der Waals surface area contributed by atoms with Crippen molar-refractivity contribution in [3.05, 3.63) is 77.7 Å². The molecule has 0 atom stereocenters. The van der Waals surface area contributed by atoms with Crippen molar-refractivity contribution in [2.75, 3.05) is 26.2 Å². The van der Waals surface area contributed by atoms with Crippen LogP contribution < -0.4 is 5.32 Å². The summed E-state index contributed by atoms with van der Waals surface area (Å²) in [7, 11) is 0. The van der Waals surface area contributed by atoms with Gasteiger partial charge < -0.3 is 14.8 Å². The van der Waals surface area contributed by atoms with Crippen molar-refractivity contribution < 1.29 is 9.18 Å². The summed E-state index contributed by atoms with van der Waals surface area (Å²) in [5, 5.41) is 3.07. The Morgan fingerprint density at radius 1 is 1.03 bits per heavy atom. The van der Waals surface area contributed by atoms with Crippen molar-refractivity contribution in [1.82, 2.24) is 14.8 Å². The molecule has 2 heterocycles. The molecule has 29 heavy (non-hydrogen) atoms. The summed E-state index contributed by atoms with van der Waals surface area (Å²) in [4.78, 5) is 15.3. The molecule has 5 heteroatoms. The van der Waals surface area contributed by atoms with Crippen LogP contribution in [0.25, 0.3) is 16.9 Å². The van der Waals surface area contributed by atoms with E-state index in [1.165, 1.54) is 25.0 Å². The van der Waals surface area contributed by atoms with Crippen molar-refractivity contribution in [1.29, 1.82) is 0 Å². The molecule has 0 radical (unpaired) electrons. The first-order valence-electron chi connectivity index (χ1n) is 10.2. The summed E-state index contributed by atoms with van der Waals surface area (Å²) in [6.45, 7) is 5.72. The van der Waals surface area contributed by atoms with E-state index in [1.54, 1.807) is 12.1 Å². The average molecular weight is 391 g/mol. The average Bonchev–Trinajstić information content (AvgIpc) is 3.37. The zero-order valence-corrected chi connectivity index (χ0v) is 16.7. The Morgan fingerprint density at radius 3 is 2.41 bits per heavy atom. The first-order chi connectivity index (χ1) is 14.1. The summed E-state index contributed by atoms with van der Waals surface area (Å²) >= 11 is 0. The number of aromatic nitrogens is 1. The van der Waals surface area contributed by atoms with Gasteiger partial charge in [0, 0.05) is 24.5 Å². The molecule has 0 aliphatic carbocycles. The lowest BCUT2D eigenvalue weighted by atomic mass is 10.1. The van der Waals surface area contributed by atoms with Crippen LogP contribution in [0.5, 0.6) is 0 Å². The molecule has 1 amide bonds. The van der Waals surface area contributed by atoms with Crippen LogP contribution in [0.4, 0.5) is 4.39 Å². The van der Waals surface area contributed by atoms with Crippen LogP contribution in [0.2, 0.25) is 0 Å². The topological polar surface area (TPSA) is 37.3 Å². The molecule has 1 saturated heterocycles. The number of hydrogen-bond donors (Lipinski definition) is 1. The summed E-state index contributed by atoms with van der Waals surface area (Å²) < 4.78 is 15.5. The van der Waals surface area contributed by atoms with E-state index in [-0.39, 0.29) is 11.7 Å². The maximum atomic E-state index is 13.4. The van der Waals surface area contributed by atoms with Crippen molar-refractivity contribution in [2.45, 2.75) is 19.8 Å². The van der Waals surface area contributed by atoms with Crippen molar-refractivity contribution >= 4 is 5.91 Å². The number of nitrogens with one attached hydrogen (secondary N) is 1. The molecule has 0 bridgehead atoms. The van der Waals surface area contributed by atoms with Crippen molar-refractivity contribution in [2.24, 2.45) is 0 Å². The minimum absolute atomic E-state index is 0.0697. The van der Waals surface area contributed by atoms with Gasteiger partial charge in [-0.1, -0.05) is 18.2 Å². The van der Waals surface area contributed by atoms with Gasteiger partial charge in [-0.2, -0.15) is 0 Å². The molecular formula is C24H26FN3O. The van der Waals surface area contributed by atoms with Gasteiger partial charge in [0.2, 0.25) is 0 Å². The third kappa shape index (κ3) is 4.25. The number of amides is 1. The van der Waals surface area contributed by atoms with Crippen molar-refractivity contribution in [3.8, 4) is 16.9 Å². The van der Waals surface area contributed by atoms with Crippen LogP contribution >= 0.6 is 0 Å². The summed E-state index contributed by atoms with van der Waals surface area (Å²) in [6, 6.07) is 18.2. The zero-order valence-electron chi connectivity index (χ0n) is 16.7. The molecular weight excluding hydrogens is 365 g/mol. The lowest BCUT2D eigenvalue weighted by Crippen LogP contribution is -2.33. The molecule has 1 N–H and O–H groups in total. The van der Waals surface area contributed by atoms with E-state index in [0.717, 1.165) is 42.3 Å². The largest absolute Gasteiger partial charge is 0.351 e. The van der Waals surface area contributed by atoms with Gasteiger partial charge in [0.1, 0.15) is 5.82 Å². The molecule has 1 fully saturated rings. The zero-order chi connectivity index (χ0) is 20.2. The second kappa shape index (κ2) is 8.62. The number of rotatable bonds is 6. The number of carbonyl (C=O) groups is 1. The quantitative estimate of drug-likeness (QED) is 0.676. The Bertz CT molecular complexity index is 973. The Labute approximate surface area is 171 Å². The summed E-state index contributed by atoms with van der Waals surface area (Å²) in [6.07, 6.45) is 2.49. The normalized spacial score (nSPS) is 14.3. The van der Waals surface area contributed by atoms with Crippen LogP contribution in [-0.4, -0.2) is 41.6 Å². The Kier molecular flexibility index (Phi) is 5.76. The van der Waals surface area contributed by atoms with Gasteiger partial charge in [-0.3, -0.25) is 4.79 Å². The highest BCUT2D eigenvalue weighted by Gasteiger charge is 2.20. The number of benzene rings is 2. The SMILES string of the molecule is Cc1c(C(=O)NCCN2CCCC2)cc(-c2ccc(F)cc2)n1-c1ccccc1. The number of hydrogen-bond acceptors (Lipinski definition) is 2. The molecule has 1 aliphatic heterocycles. The summed E-state index contributed by atoms with van der Waals surface area (Å²) in [5.74, 6) is -0.345. The van der Waals surface area contributed by atoms with E-state index in [4.69, 9.17) is 0 Å².